The molecule has 0 spiro atoms. The van der Waals surface area contributed by atoms with E-state index in [0.29, 0.717) is 6.61 Å². The van der Waals surface area contributed by atoms with Gasteiger partial charge in [-0.05, 0) is 19.3 Å². The molecule has 0 N–H and O–H groups in total. The Kier molecular flexibility index (Phi) is 5.65. The Labute approximate surface area is 87.0 Å². The van der Waals surface area contributed by atoms with Crippen LogP contribution in [0.3, 0.4) is 0 Å². The van der Waals surface area contributed by atoms with Crippen molar-refractivity contribution >= 4 is 5.97 Å². The number of unbranched alkanes of at least 4 members (excludes halogenated alkanes) is 5. The van der Waals surface area contributed by atoms with Crippen LogP contribution >= 0.6 is 0 Å². The van der Waals surface area contributed by atoms with Gasteiger partial charge in [-0.15, -0.1) is 0 Å². The van der Waals surface area contributed by atoms with E-state index in [1.807, 2.05) is 0 Å². The molecule has 0 aromatic heterocycles. The number of rotatable bonds is 8. The number of esters is 1. The van der Waals surface area contributed by atoms with Gasteiger partial charge in [0.05, 0.1) is 12.5 Å². The van der Waals surface area contributed by atoms with Crippen molar-refractivity contribution in [1.82, 2.24) is 0 Å². The van der Waals surface area contributed by atoms with Crippen molar-refractivity contribution in [3.63, 3.8) is 0 Å². The average Bonchev–Trinajstić information content (AvgIpc) is 2.99. The largest absolute Gasteiger partial charge is 0.465 e. The van der Waals surface area contributed by atoms with Crippen molar-refractivity contribution in [2.45, 2.75) is 58.3 Å². The summed E-state index contributed by atoms with van der Waals surface area (Å²) in [6, 6.07) is 0. The van der Waals surface area contributed by atoms with E-state index in [1.54, 1.807) is 0 Å². The van der Waals surface area contributed by atoms with Crippen molar-refractivity contribution in [2.24, 2.45) is 5.92 Å². The standard InChI is InChI=1S/C12H22O2/c1-2-3-4-5-6-7-10-14-12(13)11-8-9-11/h11H,2-10H2,1H3. The Hall–Kier alpha value is -0.530. The van der Waals surface area contributed by atoms with E-state index in [-0.39, 0.29) is 11.9 Å². The van der Waals surface area contributed by atoms with Crippen LogP contribution in [0, 0.1) is 5.92 Å². The van der Waals surface area contributed by atoms with Crippen molar-refractivity contribution in [1.29, 1.82) is 0 Å². The molecule has 0 atom stereocenters. The lowest BCUT2D eigenvalue weighted by Crippen LogP contribution is -2.07. The molecule has 0 aromatic rings. The number of carbonyl (C=O) groups is 1. The highest BCUT2D eigenvalue weighted by Crippen LogP contribution is 2.30. The van der Waals surface area contributed by atoms with E-state index in [4.69, 9.17) is 4.74 Å². The number of hydrogen-bond donors (Lipinski definition) is 0. The second-order valence-electron chi connectivity index (χ2n) is 4.21. The normalized spacial score (nSPS) is 15.5. The number of ether oxygens (including phenoxy) is 1. The van der Waals surface area contributed by atoms with Gasteiger partial charge in [0.25, 0.3) is 0 Å². The summed E-state index contributed by atoms with van der Waals surface area (Å²) in [6.07, 6.45) is 9.59. The topological polar surface area (TPSA) is 26.3 Å². The second kappa shape index (κ2) is 6.86. The van der Waals surface area contributed by atoms with Crippen LogP contribution < -0.4 is 0 Å². The minimum atomic E-state index is 0.0403. The molecule has 0 unspecified atom stereocenters. The van der Waals surface area contributed by atoms with Gasteiger partial charge >= 0.3 is 5.97 Å². The first-order chi connectivity index (χ1) is 6.84. The summed E-state index contributed by atoms with van der Waals surface area (Å²) < 4.78 is 5.13. The third-order valence-corrected chi connectivity index (χ3v) is 2.65. The maximum atomic E-state index is 11.1. The van der Waals surface area contributed by atoms with Crippen molar-refractivity contribution < 1.29 is 9.53 Å². The van der Waals surface area contributed by atoms with Crippen LogP contribution in [0.15, 0.2) is 0 Å². The van der Waals surface area contributed by atoms with E-state index in [9.17, 15) is 4.79 Å². The van der Waals surface area contributed by atoms with Crippen LogP contribution in [0.1, 0.15) is 58.3 Å². The minimum Gasteiger partial charge on any atom is -0.465 e. The zero-order valence-electron chi connectivity index (χ0n) is 9.26. The molecule has 1 saturated carbocycles. The van der Waals surface area contributed by atoms with Gasteiger partial charge in [0.2, 0.25) is 0 Å². The van der Waals surface area contributed by atoms with Gasteiger partial charge < -0.3 is 4.74 Å². The first kappa shape index (κ1) is 11.5. The van der Waals surface area contributed by atoms with E-state index >= 15 is 0 Å². The maximum absolute atomic E-state index is 11.1. The van der Waals surface area contributed by atoms with Gasteiger partial charge in [-0.3, -0.25) is 4.79 Å². The summed E-state index contributed by atoms with van der Waals surface area (Å²) >= 11 is 0. The highest BCUT2D eigenvalue weighted by molar-refractivity contribution is 5.74. The lowest BCUT2D eigenvalue weighted by atomic mass is 10.1. The van der Waals surface area contributed by atoms with Gasteiger partial charge in [-0.1, -0.05) is 39.0 Å². The van der Waals surface area contributed by atoms with E-state index in [1.165, 1.54) is 32.1 Å². The molecule has 2 heteroatoms. The van der Waals surface area contributed by atoms with Crippen molar-refractivity contribution in [2.75, 3.05) is 6.61 Å². The van der Waals surface area contributed by atoms with Gasteiger partial charge in [0.15, 0.2) is 0 Å². The van der Waals surface area contributed by atoms with Crippen LogP contribution in [-0.4, -0.2) is 12.6 Å². The summed E-state index contributed by atoms with van der Waals surface area (Å²) in [5.41, 5.74) is 0. The molecule has 0 aliphatic heterocycles. The molecule has 1 rings (SSSR count). The van der Waals surface area contributed by atoms with Gasteiger partial charge in [-0.25, -0.2) is 0 Å². The molecule has 14 heavy (non-hydrogen) atoms. The fourth-order valence-corrected chi connectivity index (χ4v) is 1.49. The zero-order valence-corrected chi connectivity index (χ0v) is 9.26. The molecule has 0 radical (unpaired) electrons. The number of hydrogen-bond acceptors (Lipinski definition) is 2. The lowest BCUT2D eigenvalue weighted by Gasteiger charge is -2.03. The molecule has 0 heterocycles. The highest BCUT2D eigenvalue weighted by atomic mass is 16.5. The fourth-order valence-electron chi connectivity index (χ4n) is 1.49. The molecule has 2 nitrogen and oxygen atoms in total. The van der Waals surface area contributed by atoms with Gasteiger partial charge in [0.1, 0.15) is 0 Å². The Balaban J connectivity index is 1.77. The molecular formula is C12H22O2. The maximum Gasteiger partial charge on any atom is 0.308 e. The molecule has 0 aromatic carbocycles. The summed E-state index contributed by atoms with van der Waals surface area (Å²) in [5, 5.41) is 0. The van der Waals surface area contributed by atoms with Crippen molar-refractivity contribution in [3.05, 3.63) is 0 Å². The molecule has 1 aliphatic carbocycles. The van der Waals surface area contributed by atoms with Crippen LogP contribution in [0.4, 0.5) is 0 Å². The zero-order chi connectivity index (χ0) is 10.2. The van der Waals surface area contributed by atoms with E-state index in [2.05, 4.69) is 6.92 Å². The first-order valence-electron chi connectivity index (χ1n) is 6.01. The van der Waals surface area contributed by atoms with E-state index in [0.717, 1.165) is 19.3 Å². The fraction of sp³-hybridized carbons (Fsp3) is 0.917. The SMILES string of the molecule is CCCCCCCCOC(=O)C1CC1. The van der Waals surface area contributed by atoms with Crippen LogP contribution in [0.25, 0.3) is 0 Å². The highest BCUT2D eigenvalue weighted by Gasteiger charge is 2.30. The molecule has 0 saturated heterocycles. The Morgan fingerprint density at radius 2 is 1.79 bits per heavy atom. The molecular weight excluding hydrogens is 176 g/mol. The van der Waals surface area contributed by atoms with Gasteiger partial charge in [0, 0.05) is 0 Å². The molecule has 0 amide bonds. The average molecular weight is 198 g/mol. The quantitative estimate of drug-likeness (QED) is 0.442. The van der Waals surface area contributed by atoms with E-state index < -0.39 is 0 Å². The predicted octanol–water partition coefficient (Wildman–Crippen LogP) is 3.30. The summed E-state index contributed by atoms with van der Waals surface area (Å²) in [7, 11) is 0. The molecule has 82 valence electrons. The smallest absolute Gasteiger partial charge is 0.308 e. The Morgan fingerprint density at radius 1 is 1.14 bits per heavy atom. The van der Waals surface area contributed by atoms with Crippen LogP contribution in [-0.2, 0) is 9.53 Å². The number of carbonyl (C=O) groups excluding carboxylic acids is 1. The second-order valence-corrected chi connectivity index (χ2v) is 4.21. The predicted molar refractivity (Wildman–Crippen MR) is 57.1 cm³/mol. The van der Waals surface area contributed by atoms with Crippen LogP contribution in [0.5, 0.6) is 0 Å². The molecule has 1 aliphatic rings. The van der Waals surface area contributed by atoms with Crippen molar-refractivity contribution in [3.8, 4) is 0 Å². The minimum absolute atomic E-state index is 0.0403. The Bertz CT molecular complexity index is 162. The van der Waals surface area contributed by atoms with Crippen LogP contribution in [0.2, 0.25) is 0 Å². The first-order valence-corrected chi connectivity index (χ1v) is 6.01. The third-order valence-electron chi connectivity index (χ3n) is 2.65. The molecule has 1 fully saturated rings. The monoisotopic (exact) mass is 198 g/mol. The summed E-state index contributed by atoms with van der Waals surface area (Å²) in [5.74, 6) is 0.300. The summed E-state index contributed by atoms with van der Waals surface area (Å²) in [6.45, 7) is 2.86. The Morgan fingerprint density at radius 3 is 2.43 bits per heavy atom. The lowest BCUT2D eigenvalue weighted by molar-refractivity contribution is -0.145. The van der Waals surface area contributed by atoms with Gasteiger partial charge in [-0.2, -0.15) is 0 Å². The molecule has 0 bridgehead atoms. The summed E-state index contributed by atoms with van der Waals surface area (Å²) in [4.78, 5) is 11.1. The third kappa shape index (κ3) is 5.25.